The Morgan fingerprint density at radius 1 is 1.00 bits per heavy atom. The van der Waals surface area contributed by atoms with Gasteiger partial charge in [0.2, 0.25) is 5.95 Å². The molecule has 1 heterocycles. The van der Waals surface area contributed by atoms with Gasteiger partial charge in [0.1, 0.15) is 0 Å². The quantitative estimate of drug-likeness (QED) is 0.773. The highest BCUT2D eigenvalue weighted by molar-refractivity contribution is 5.60. The van der Waals surface area contributed by atoms with E-state index in [1.165, 1.54) is 5.56 Å². The first-order chi connectivity index (χ1) is 11.3. The third-order valence-electron chi connectivity index (χ3n) is 3.65. The largest absolute Gasteiger partial charge is 0.328 e. The Balaban J connectivity index is 1.79. The molecule has 0 fully saturated rings. The lowest BCUT2D eigenvalue weighted by Crippen LogP contribution is -2.13. The number of anilines is 4. The normalized spacial score (nSPS) is 10.3. The van der Waals surface area contributed by atoms with E-state index in [-0.39, 0.29) is 0 Å². The molecule has 3 rings (SSSR count). The van der Waals surface area contributed by atoms with Crippen LogP contribution in [0.15, 0.2) is 60.8 Å². The number of hydrogen-bond acceptors (Lipinski definition) is 5. The van der Waals surface area contributed by atoms with Crippen LogP contribution in [0.5, 0.6) is 0 Å². The van der Waals surface area contributed by atoms with Crippen molar-refractivity contribution in [1.82, 2.24) is 15.2 Å². The molecule has 0 aliphatic heterocycles. The Labute approximate surface area is 136 Å². The number of para-hydroxylation sites is 1. The fourth-order valence-electron chi connectivity index (χ4n) is 2.25. The van der Waals surface area contributed by atoms with Crippen LogP contribution in [0.2, 0.25) is 0 Å². The Morgan fingerprint density at radius 2 is 1.74 bits per heavy atom. The monoisotopic (exact) mass is 305 g/mol. The average Bonchev–Trinajstić information content (AvgIpc) is 2.63. The van der Waals surface area contributed by atoms with Crippen LogP contribution >= 0.6 is 0 Å². The molecule has 0 amide bonds. The van der Waals surface area contributed by atoms with Crippen molar-refractivity contribution in [1.29, 1.82) is 0 Å². The minimum Gasteiger partial charge on any atom is -0.328 e. The van der Waals surface area contributed by atoms with Crippen molar-refractivity contribution < 1.29 is 0 Å². The van der Waals surface area contributed by atoms with Gasteiger partial charge in [-0.25, -0.2) is 0 Å². The molecule has 5 nitrogen and oxygen atoms in total. The van der Waals surface area contributed by atoms with Crippen molar-refractivity contribution in [2.24, 2.45) is 0 Å². The molecule has 1 N–H and O–H groups in total. The van der Waals surface area contributed by atoms with E-state index in [1.807, 2.05) is 54.4 Å². The summed E-state index contributed by atoms with van der Waals surface area (Å²) in [6.45, 7) is 2.14. The van der Waals surface area contributed by atoms with E-state index in [0.717, 1.165) is 23.6 Å². The second kappa shape index (κ2) is 6.87. The molecular weight excluding hydrogens is 286 g/mol. The van der Waals surface area contributed by atoms with E-state index in [4.69, 9.17) is 0 Å². The minimum atomic E-state index is 0.481. The summed E-state index contributed by atoms with van der Waals surface area (Å²) in [5.74, 6) is 1.22. The third kappa shape index (κ3) is 3.63. The summed E-state index contributed by atoms with van der Waals surface area (Å²) in [4.78, 5) is 6.50. The second-order valence-electron chi connectivity index (χ2n) is 5.21. The third-order valence-corrected chi connectivity index (χ3v) is 3.65. The van der Waals surface area contributed by atoms with E-state index >= 15 is 0 Å². The van der Waals surface area contributed by atoms with Gasteiger partial charge in [-0.15, -0.1) is 5.10 Å². The highest BCUT2D eigenvalue weighted by Crippen LogP contribution is 2.21. The average molecular weight is 305 g/mol. The zero-order valence-corrected chi connectivity index (χ0v) is 13.3. The fourth-order valence-corrected chi connectivity index (χ4v) is 2.25. The van der Waals surface area contributed by atoms with Crippen molar-refractivity contribution in [3.05, 3.63) is 66.4 Å². The van der Waals surface area contributed by atoms with E-state index < -0.39 is 0 Å². The molecule has 0 unspecified atom stereocenters. The Kier molecular flexibility index (Phi) is 4.47. The van der Waals surface area contributed by atoms with Gasteiger partial charge < -0.3 is 10.2 Å². The first-order valence-corrected chi connectivity index (χ1v) is 7.60. The minimum absolute atomic E-state index is 0.481. The van der Waals surface area contributed by atoms with Crippen LogP contribution in [0.4, 0.5) is 23.1 Å². The standard InChI is InChI=1S/C18H19N5/c1-3-14-9-11-15(12-10-14)20-18-21-17(13-19-22-18)23(2)16-7-5-4-6-8-16/h4-13H,3H2,1-2H3,(H,20,21,22). The van der Waals surface area contributed by atoms with E-state index in [0.29, 0.717) is 5.95 Å². The lowest BCUT2D eigenvalue weighted by Gasteiger charge is -2.18. The first kappa shape index (κ1) is 15.0. The van der Waals surface area contributed by atoms with Crippen LogP contribution in [0, 0.1) is 0 Å². The van der Waals surface area contributed by atoms with Crippen molar-refractivity contribution >= 4 is 23.1 Å². The van der Waals surface area contributed by atoms with Gasteiger partial charge in [0.15, 0.2) is 5.82 Å². The number of nitrogens with one attached hydrogen (secondary N) is 1. The van der Waals surface area contributed by atoms with Crippen molar-refractivity contribution in [3.63, 3.8) is 0 Å². The highest BCUT2D eigenvalue weighted by atomic mass is 15.3. The maximum Gasteiger partial charge on any atom is 0.249 e. The maximum atomic E-state index is 4.53. The molecule has 23 heavy (non-hydrogen) atoms. The predicted molar refractivity (Wildman–Crippen MR) is 93.4 cm³/mol. The van der Waals surface area contributed by atoms with Crippen molar-refractivity contribution in [3.8, 4) is 0 Å². The van der Waals surface area contributed by atoms with Gasteiger partial charge in [0, 0.05) is 18.4 Å². The summed E-state index contributed by atoms with van der Waals surface area (Å²) in [6.07, 6.45) is 2.67. The molecule has 3 aromatic rings. The predicted octanol–water partition coefficient (Wildman–Crippen LogP) is 3.95. The molecule has 0 spiro atoms. The van der Waals surface area contributed by atoms with Gasteiger partial charge in [-0.3, -0.25) is 0 Å². The summed E-state index contributed by atoms with van der Waals surface area (Å²) >= 11 is 0. The molecule has 2 aromatic carbocycles. The molecule has 1 aromatic heterocycles. The summed E-state index contributed by atoms with van der Waals surface area (Å²) in [5.41, 5.74) is 3.29. The molecule has 5 heteroatoms. The molecule has 116 valence electrons. The number of hydrogen-bond donors (Lipinski definition) is 1. The molecular formula is C18H19N5. The van der Waals surface area contributed by atoms with Crippen molar-refractivity contribution in [2.45, 2.75) is 13.3 Å². The van der Waals surface area contributed by atoms with Crippen LogP contribution in [0.3, 0.4) is 0 Å². The molecule has 0 bridgehead atoms. The zero-order valence-electron chi connectivity index (χ0n) is 13.3. The van der Waals surface area contributed by atoms with Crippen LogP contribution in [0.25, 0.3) is 0 Å². The SMILES string of the molecule is CCc1ccc(Nc2nncc(N(C)c3ccccc3)n2)cc1. The molecule has 0 aliphatic rings. The van der Waals surface area contributed by atoms with Crippen LogP contribution < -0.4 is 10.2 Å². The van der Waals surface area contributed by atoms with E-state index in [1.54, 1.807) is 6.20 Å². The molecule has 0 aliphatic carbocycles. The second-order valence-corrected chi connectivity index (χ2v) is 5.21. The summed E-state index contributed by atoms with van der Waals surface area (Å²) < 4.78 is 0. The number of aryl methyl sites for hydroxylation is 1. The number of nitrogens with zero attached hydrogens (tertiary/aromatic N) is 4. The van der Waals surface area contributed by atoms with Crippen LogP contribution in [0.1, 0.15) is 12.5 Å². The topological polar surface area (TPSA) is 53.9 Å². The van der Waals surface area contributed by atoms with Crippen molar-refractivity contribution in [2.75, 3.05) is 17.3 Å². The summed E-state index contributed by atoms with van der Waals surface area (Å²) in [7, 11) is 1.96. The Morgan fingerprint density at radius 3 is 2.43 bits per heavy atom. The van der Waals surface area contributed by atoms with E-state index in [9.17, 15) is 0 Å². The first-order valence-electron chi connectivity index (χ1n) is 7.60. The lowest BCUT2D eigenvalue weighted by atomic mass is 10.1. The number of rotatable bonds is 5. The molecule has 0 saturated carbocycles. The lowest BCUT2D eigenvalue weighted by molar-refractivity contribution is 0.957. The van der Waals surface area contributed by atoms with E-state index in [2.05, 4.69) is 39.6 Å². The number of benzene rings is 2. The van der Waals surface area contributed by atoms with Gasteiger partial charge in [0.25, 0.3) is 0 Å². The zero-order chi connectivity index (χ0) is 16.1. The molecule has 0 radical (unpaired) electrons. The van der Waals surface area contributed by atoms with Gasteiger partial charge >= 0.3 is 0 Å². The highest BCUT2D eigenvalue weighted by Gasteiger charge is 2.07. The van der Waals surface area contributed by atoms with Gasteiger partial charge in [-0.05, 0) is 36.2 Å². The van der Waals surface area contributed by atoms with Crippen LogP contribution in [-0.4, -0.2) is 22.2 Å². The molecule has 0 atom stereocenters. The van der Waals surface area contributed by atoms with Gasteiger partial charge in [0.05, 0.1) is 6.20 Å². The summed E-state index contributed by atoms with van der Waals surface area (Å²) in [6, 6.07) is 18.3. The maximum absolute atomic E-state index is 4.53. The Hall–Kier alpha value is -2.95. The van der Waals surface area contributed by atoms with Gasteiger partial charge in [-0.2, -0.15) is 10.1 Å². The number of aromatic nitrogens is 3. The smallest absolute Gasteiger partial charge is 0.249 e. The fraction of sp³-hybridized carbons (Fsp3) is 0.167. The Bertz CT molecular complexity index is 756. The molecule has 0 saturated heterocycles. The van der Waals surface area contributed by atoms with Crippen LogP contribution in [-0.2, 0) is 6.42 Å². The summed E-state index contributed by atoms with van der Waals surface area (Å²) in [5, 5.41) is 11.3. The van der Waals surface area contributed by atoms with Gasteiger partial charge in [-0.1, -0.05) is 37.3 Å².